The summed E-state index contributed by atoms with van der Waals surface area (Å²) in [4.78, 5) is 10.0. The first-order valence-electron chi connectivity index (χ1n) is 3.35. The highest BCUT2D eigenvalue weighted by molar-refractivity contribution is 5.72. The third-order valence-electron chi connectivity index (χ3n) is 1.27. The highest BCUT2D eigenvalue weighted by Crippen LogP contribution is 1.97. The van der Waals surface area contributed by atoms with Gasteiger partial charge in [-0.1, -0.05) is 6.42 Å². The quantitative estimate of drug-likeness (QED) is 0.506. The molecule has 0 unspecified atom stereocenters. The van der Waals surface area contributed by atoms with Gasteiger partial charge in [-0.3, -0.25) is 0 Å². The molecule has 0 fully saturated rings. The molecule has 0 aliphatic rings. The third kappa shape index (κ3) is 4.29. The molecule has 0 aliphatic heterocycles. The molecule has 0 aromatic heterocycles. The smallest absolute Gasteiger partial charge is 0.330 e. The molecule has 0 saturated carbocycles. The van der Waals surface area contributed by atoms with E-state index in [2.05, 4.69) is 0 Å². The zero-order valence-corrected chi connectivity index (χ0v) is 5.88. The minimum atomic E-state index is -1.18. The molecule has 0 aromatic carbocycles. The van der Waals surface area contributed by atoms with E-state index in [0.29, 0.717) is 13.0 Å². The number of nitrogens with two attached hydrogens (primary N) is 2. The van der Waals surface area contributed by atoms with Crippen molar-refractivity contribution < 1.29 is 9.90 Å². The van der Waals surface area contributed by atoms with E-state index < -0.39 is 12.0 Å². The number of unbranched alkanes of at least 4 members (excludes halogenated alkanes) is 1. The van der Waals surface area contributed by atoms with E-state index in [-0.39, 0.29) is 0 Å². The highest BCUT2D eigenvalue weighted by Gasteiger charge is 2.11. The fourth-order valence-corrected chi connectivity index (χ4v) is 0.626. The molecule has 0 rings (SSSR count). The molecular formula is C6H13N2O2. The maximum Gasteiger partial charge on any atom is 0.372 e. The van der Waals surface area contributed by atoms with Crippen molar-refractivity contribution in [1.29, 1.82) is 0 Å². The summed E-state index contributed by atoms with van der Waals surface area (Å²) in [5.41, 5.74) is 10.3. The maximum absolute atomic E-state index is 10.0. The second kappa shape index (κ2) is 5.20. The molecule has 0 aliphatic carbocycles. The van der Waals surface area contributed by atoms with Crippen LogP contribution < -0.4 is 11.5 Å². The predicted molar refractivity (Wildman–Crippen MR) is 36.6 cm³/mol. The Hall–Kier alpha value is -0.610. The fourth-order valence-electron chi connectivity index (χ4n) is 0.626. The standard InChI is InChI=1S/C6H13N2O2/c7-4-2-1-3-5(8)6(9)10/h5H,1-4,7-8H2/t5-/m0/s1. The van der Waals surface area contributed by atoms with E-state index >= 15 is 0 Å². The Bertz CT molecular complexity index is 106. The molecule has 0 heterocycles. The van der Waals surface area contributed by atoms with Gasteiger partial charge >= 0.3 is 5.97 Å². The van der Waals surface area contributed by atoms with Crippen molar-refractivity contribution in [2.45, 2.75) is 25.3 Å². The Kier molecular flexibility index (Phi) is 4.88. The summed E-state index contributed by atoms with van der Waals surface area (Å²) in [5.74, 6) is -1.18. The Labute approximate surface area is 60.2 Å². The molecule has 4 N–H and O–H groups in total. The van der Waals surface area contributed by atoms with Crippen molar-refractivity contribution in [2.75, 3.05) is 6.54 Å². The van der Waals surface area contributed by atoms with Crippen LogP contribution >= 0.6 is 0 Å². The van der Waals surface area contributed by atoms with Crippen molar-refractivity contribution in [3.8, 4) is 0 Å². The second-order valence-electron chi connectivity index (χ2n) is 2.21. The van der Waals surface area contributed by atoms with E-state index in [1.165, 1.54) is 0 Å². The van der Waals surface area contributed by atoms with Gasteiger partial charge in [0.1, 0.15) is 6.04 Å². The van der Waals surface area contributed by atoms with Crippen LogP contribution in [0.25, 0.3) is 0 Å². The predicted octanol–water partition coefficient (Wildman–Crippen LogP) is -0.600. The molecule has 1 atom stereocenters. The average Bonchev–Trinajstić information content (AvgIpc) is 1.88. The number of hydrogen-bond donors (Lipinski definition) is 2. The van der Waals surface area contributed by atoms with Crippen molar-refractivity contribution >= 4 is 5.97 Å². The van der Waals surface area contributed by atoms with E-state index in [9.17, 15) is 9.90 Å². The van der Waals surface area contributed by atoms with Crippen molar-refractivity contribution in [3.05, 3.63) is 0 Å². The van der Waals surface area contributed by atoms with Crippen LogP contribution in [-0.2, 0) is 9.90 Å². The van der Waals surface area contributed by atoms with E-state index in [1.54, 1.807) is 0 Å². The molecule has 0 spiro atoms. The van der Waals surface area contributed by atoms with E-state index in [4.69, 9.17) is 11.5 Å². The first kappa shape index (κ1) is 9.39. The van der Waals surface area contributed by atoms with E-state index in [1.807, 2.05) is 0 Å². The molecule has 4 heteroatoms. The molecule has 59 valence electrons. The molecule has 1 radical (unpaired) electrons. The summed E-state index contributed by atoms with van der Waals surface area (Å²) in [6.45, 7) is 0.583. The SMILES string of the molecule is NCCCC[C@H](N)C([O])=O. The van der Waals surface area contributed by atoms with Crippen molar-refractivity contribution in [3.63, 3.8) is 0 Å². The lowest BCUT2D eigenvalue weighted by Crippen LogP contribution is -2.29. The molecule has 10 heavy (non-hydrogen) atoms. The lowest BCUT2D eigenvalue weighted by molar-refractivity contribution is -0.144. The van der Waals surface area contributed by atoms with Gasteiger partial charge in [0.2, 0.25) is 0 Å². The Morgan fingerprint density at radius 1 is 1.40 bits per heavy atom. The van der Waals surface area contributed by atoms with Gasteiger partial charge in [-0.2, -0.15) is 0 Å². The summed E-state index contributed by atoms with van der Waals surface area (Å²) < 4.78 is 0. The largest absolute Gasteiger partial charge is 0.372 e. The summed E-state index contributed by atoms with van der Waals surface area (Å²) >= 11 is 0. The van der Waals surface area contributed by atoms with Crippen LogP contribution in [0.5, 0.6) is 0 Å². The van der Waals surface area contributed by atoms with Crippen LogP contribution in [0, 0.1) is 0 Å². The van der Waals surface area contributed by atoms with Gasteiger partial charge in [-0.15, -0.1) is 0 Å². The van der Waals surface area contributed by atoms with E-state index in [0.717, 1.165) is 12.8 Å². The second-order valence-corrected chi connectivity index (χ2v) is 2.21. The molecule has 0 amide bonds. The summed E-state index contributed by atoms with van der Waals surface area (Å²) in [6, 6.07) is -0.827. The first-order chi connectivity index (χ1) is 4.68. The summed E-state index contributed by atoms with van der Waals surface area (Å²) in [5, 5.41) is 10.0. The maximum atomic E-state index is 10.0. The third-order valence-corrected chi connectivity index (χ3v) is 1.27. The topological polar surface area (TPSA) is 89.0 Å². The lowest BCUT2D eigenvalue weighted by Gasteiger charge is -2.01. The lowest BCUT2D eigenvalue weighted by atomic mass is 10.1. The van der Waals surface area contributed by atoms with Crippen LogP contribution in [0.15, 0.2) is 0 Å². The van der Waals surface area contributed by atoms with Gasteiger partial charge in [0.15, 0.2) is 0 Å². The highest BCUT2D eigenvalue weighted by atomic mass is 16.4. The number of carbonyl (C=O) groups is 1. The minimum Gasteiger partial charge on any atom is -0.330 e. The zero-order chi connectivity index (χ0) is 7.98. The van der Waals surface area contributed by atoms with Crippen LogP contribution in [-0.4, -0.2) is 18.6 Å². The van der Waals surface area contributed by atoms with Crippen LogP contribution in [0.1, 0.15) is 19.3 Å². The zero-order valence-electron chi connectivity index (χ0n) is 5.88. The summed E-state index contributed by atoms with van der Waals surface area (Å²) in [6.07, 6.45) is 2.03. The number of hydrogen-bond acceptors (Lipinski definition) is 3. The van der Waals surface area contributed by atoms with Gasteiger partial charge in [0, 0.05) is 0 Å². The fraction of sp³-hybridized carbons (Fsp3) is 0.833. The number of rotatable bonds is 5. The van der Waals surface area contributed by atoms with Crippen LogP contribution in [0.3, 0.4) is 0 Å². The van der Waals surface area contributed by atoms with Gasteiger partial charge in [0.05, 0.1) is 0 Å². The van der Waals surface area contributed by atoms with Gasteiger partial charge in [-0.05, 0) is 19.4 Å². The monoisotopic (exact) mass is 145 g/mol. The first-order valence-corrected chi connectivity index (χ1v) is 3.35. The van der Waals surface area contributed by atoms with Gasteiger partial charge < -0.3 is 11.5 Å². The Morgan fingerprint density at radius 3 is 2.40 bits per heavy atom. The Balaban J connectivity index is 3.21. The molecule has 0 bridgehead atoms. The van der Waals surface area contributed by atoms with Crippen molar-refractivity contribution in [2.24, 2.45) is 11.5 Å². The normalized spacial score (nSPS) is 13.0. The molecule has 0 aromatic rings. The van der Waals surface area contributed by atoms with Gasteiger partial charge in [0.25, 0.3) is 0 Å². The van der Waals surface area contributed by atoms with Gasteiger partial charge in [-0.25, -0.2) is 9.90 Å². The van der Waals surface area contributed by atoms with Crippen LogP contribution in [0.2, 0.25) is 0 Å². The van der Waals surface area contributed by atoms with Crippen LogP contribution in [0.4, 0.5) is 0 Å². The minimum absolute atomic E-state index is 0.458. The Morgan fingerprint density at radius 2 is 2.00 bits per heavy atom. The average molecular weight is 145 g/mol. The molecular weight excluding hydrogens is 132 g/mol. The number of carbonyl (C=O) groups excluding carboxylic acids is 1. The van der Waals surface area contributed by atoms with Crippen molar-refractivity contribution in [1.82, 2.24) is 0 Å². The molecule has 0 saturated heterocycles. The summed E-state index contributed by atoms with van der Waals surface area (Å²) in [7, 11) is 0. The molecule has 4 nitrogen and oxygen atoms in total.